The van der Waals surface area contributed by atoms with E-state index >= 15 is 0 Å². The molecule has 1 aromatic carbocycles. The molecule has 0 bridgehead atoms. The minimum Gasteiger partial charge on any atom is -0.376 e. The van der Waals surface area contributed by atoms with Crippen LogP contribution in [-0.4, -0.2) is 30.2 Å². The number of halogens is 1. The third kappa shape index (κ3) is 3.31. The molecule has 4 heteroatoms. The zero-order valence-electron chi connectivity index (χ0n) is 11.4. The van der Waals surface area contributed by atoms with Crippen molar-refractivity contribution in [3.05, 3.63) is 35.1 Å². The Kier molecular flexibility index (Phi) is 4.52. The maximum Gasteiger partial charge on any atom is 0.123 e. The molecule has 102 valence electrons. The molecule has 2 atom stereocenters. The lowest BCUT2D eigenvalue weighted by molar-refractivity contribution is -0.0592. The quantitative estimate of drug-likeness (QED) is 0.840. The smallest absolute Gasteiger partial charge is 0.123 e. The summed E-state index contributed by atoms with van der Waals surface area (Å²) >= 11 is 0. The average molecular weight is 262 g/mol. The summed E-state index contributed by atoms with van der Waals surface area (Å²) in [5, 5.41) is 9.10. The van der Waals surface area contributed by atoms with Crippen LogP contribution in [0.25, 0.3) is 0 Å². The Labute approximate surface area is 113 Å². The number of ether oxygens (including phenoxy) is 1. The molecular formula is C15H19FN2O. The van der Waals surface area contributed by atoms with Crippen LogP contribution in [0.3, 0.4) is 0 Å². The van der Waals surface area contributed by atoms with E-state index in [2.05, 4.69) is 17.9 Å². The van der Waals surface area contributed by atoms with Crippen LogP contribution in [0.4, 0.5) is 4.39 Å². The molecule has 0 spiro atoms. The van der Waals surface area contributed by atoms with Crippen molar-refractivity contribution in [3.63, 3.8) is 0 Å². The van der Waals surface area contributed by atoms with Crippen molar-refractivity contribution in [2.45, 2.75) is 39.0 Å². The van der Waals surface area contributed by atoms with Gasteiger partial charge in [0.15, 0.2) is 0 Å². The van der Waals surface area contributed by atoms with Crippen molar-refractivity contribution in [1.29, 1.82) is 5.26 Å². The van der Waals surface area contributed by atoms with Crippen LogP contribution in [0.15, 0.2) is 18.2 Å². The van der Waals surface area contributed by atoms with Crippen molar-refractivity contribution in [2.24, 2.45) is 0 Å². The second-order valence-corrected chi connectivity index (χ2v) is 5.05. The molecule has 0 saturated carbocycles. The average Bonchev–Trinajstić information content (AvgIpc) is 2.39. The van der Waals surface area contributed by atoms with E-state index in [-0.39, 0.29) is 11.9 Å². The van der Waals surface area contributed by atoms with E-state index in [4.69, 9.17) is 10.00 Å². The Bertz CT molecular complexity index is 484. The number of nitrogens with zero attached hydrogens (tertiary/aromatic N) is 2. The second kappa shape index (κ2) is 6.14. The lowest BCUT2D eigenvalue weighted by Gasteiger charge is -2.38. The first-order chi connectivity index (χ1) is 9.13. The molecule has 2 rings (SSSR count). The summed E-state index contributed by atoms with van der Waals surface area (Å²) in [6.07, 6.45) is 1.17. The highest BCUT2D eigenvalue weighted by Crippen LogP contribution is 2.20. The standard InChI is InChI=1S/C15H19FN2O/c1-3-15-10-19-11(2)8-18(15)9-13-6-14(16)5-4-12(13)7-17/h4-6,11,15H,3,8-10H2,1-2H3. The van der Waals surface area contributed by atoms with E-state index in [9.17, 15) is 4.39 Å². The monoisotopic (exact) mass is 262 g/mol. The van der Waals surface area contributed by atoms with Crippen molar-refractivity contribution >= 4 is 0 Å². The summed E-state index contributed by atoms with van der Waals surface area (Å²) in [7, 11) is 0. The fourth-order valence-electron chi connectivity index (χ4n) is 2.50. The number of benzene rings is 1. The largest absolute Gasteiger partial charge is 0.376 e. The van der Waals surface area contributed by atoms with Gasteiger partial charge in [-0.05, 0) is 37.1 Å². The molecular weight excluding hydrogens is 243 g/mol. The van der Waals surface area contributed by atoms with E-state index in [1.807, 2.05) is 6.92 Å². The minimum absolute atomic E-state index is 0.182. The lowest BCUT2D eigenvalue weighted by Crippen LogP contribution is -2.47. The van der Waals surface area contributed by atoms with Gasteiger partial charge in [-0.2, -0.15) is 5.26 Å². The molecule has 1 aliphatic heterocycles. The normalized spacial score (nSPS) is 24.1. The van der Waals surface area contributed by atoms with Crippen molar-refractivity contribution < 1.29 is 9.13 Å². The SMILES string of the molecule is CCC1COC(C)CN1Cc1cc(F)ccc1C#N. The molecule has 1 aliphatic rings. The fraction of sp³-hybridized carbons (Fsp3) is 0.533. The van der Waals surface area contributed by atoms with Crippen LogP contribution < -0.4 is 0 Å². The molecule has 19 heavy (non-hydrogen) atoms. The van der Waals surface area contributed by atoms with E-state index < -0.39 is 0 Å². The topological polar surface area (TPSA) is 36.3 Å². The maximum atomic E-state index is 13.3. The molecule has 0 N–H and O–H groups in total. The van der Waals surface area contributed by atoms with Gasteiger partial charge in [-0.1, -0.05) is 6.92 Å². The highest BCUT2D eigenvalue weighted by molar-refractivity contribution is 5.37. The molecule has 0 aliphatic carbocycles. The zero-order valence-corrected chi connectivity index (χ0v) is 11.4. The van der Waals surface area contributed by atoms with Crippen LogP contribution in [0.5, 0.6) is 0 Å². The third-order valence-corrected chi connectivity index (χ3v) is 3.61. The predicted octanol–water partition coefficient (Wildman–Crippen LogP) is 2.70. The zero-order chi connectivity index (χ0) is 13.8. The molecule has 1 aromatic rings. The summed E-state index contributed by atoms with van der Waals surface area (Å²) in [5.41, 5.74) is 1.31. The molecule has 2 unspecified atom stereocenters. The summed E-state index contributed by atoms with van der Waals surface area (Å²) in [6, 6.07) is 6.82. The highest BCUT2D eigenvalue weighted by Gasteiger charge is 2.26. The summed E-state index contributed by atoms with van der Waals surface area (Å²) < 4.78 is 19.0. The number of morpholine rings is 1. The van der Waals surface area contributed by atoms with Crippen LogP contribution in [0.1, 0.15) is 31.4 Å². The van der Waals surface area contributed by atoms with Gasteiger partial charge in [0.25, 0.3) is 0 Å². The summed E-state index contributed by atoms with van der Waals surface area (Å²) in [5.74, 6) is -0.289. The summed E-state index contributed by atoms with van der Waals surface area (Å²) in [4.78, 5) is 2.28. The molecule has 0 aromatic heterocycles. The first-order valence-corrected chi connectivity index (χ1v) is 6.68. The predicted molar refractivity (Wildman–Crippen MR) is 71.0 cm³/mol. The van der Waals surface area contributed by atoms with Gasteiger partial charge in [0, 0.05) is 19.1 Å². The number of hydrogen-bond acceptors (Lipinski definition) is 3. The van der Waals surface area contributed by atoms with Crippen molar-refractivity contribution in [2.75, 3.05) is 13.2 Å². The lowest BCUT2D eigenvalue weighted by atomic mass is 10.0. The van der Waals surface area contributed by atoms with Crippen LogP contribution >= 0.6 is 0 Å². The second-order valence-electron chi connectivity index (χ2n) is 5.05. The van der Waals surface area contributed by atoms with Crippen LogP contribution in [-0.2, 0) is 11.3 Å². The van der Waals surface area contributed by atoms with E-state index in [1.165, 1.54) is 12.1 Å². The van der Waals surface area contributed by atoms with Crippen molar-refractivity contribution in [1.82, 2.24) is 4.90 Å². The molecule has 0 amide bonds. The molecule has 3 nitrogen and oxygen atoms in total. The minimum atomic E-state index is -0.289. The van der Waals surface area contributed by atoms with E-state index in [1.54, 1.807) is 6.07 Å². The summed E-state index contributed by atoms with van der Waals surface area (Å²) in [6.45, 7) is 6.28. The van der Waals surface area contributed by atoms with Gasteiger partial charge in [-0.3, -0.25) is 4.90 Å². The van der Waals surface area contributed by atoms with Gasteiger partial charge in [0.1, 0.15) is 5.82 Å². The van der Waals surface area contributed by atoms with Gasteiger partial charge in [-0.25, -0.2) is 4.39 Å². The van der Waals surface area contributed by atoms with Crippen LogP contribution in [0.2, 0.25) is 0 Å². The Balaban J connectivity index is 2.19. The Hall–Kier alpha value is -1.44. The molecule has 0 radical (unpaired) electrons. The molecule has 1 fully saturated rings. The van der Waals surface area contributed by atoms with Crippen molar-refractivity contribution in [3.8, 4) is 6.07 Å². The first-order valence-electron chi connectivity index (χ1n) is 6.68. The Morgan fingerprint density at radius 3 is 3.00 bits per heavy atom. The Morgan fingerprint density at radius 1 is 1.53 bits per heavy atom. The molecule has 1 heterocycles. The molecule has 1 saturated heterocycles. The number of nitriles is 1. The van der Waals surface area contributed by atoms with Gasteiger partial charge < -0.3 is 4.74 Å². The van der Waals surface area contributed by atoms with Crippen LogP contribution in [0, 0.1) is 17.1 Å². The maximum absolute atomic E-state index is 13.3. The third-order valence-electron chi connectivity index (χ3n) is 3.61. The highest BCUT2D eigenvalue weighted by atomic mass is 19.1. The number of hydrogen-bond donors (Lipinski definition) is 0. The number of rotatable bonds is 3. The van der Waals surface area contributed by atoms with Gasteiger partial charge >= 0.3 is 0 Å². The van der Waals surface area contributed by atoms with Gasteiger partial charge in [-0.15, -0.1) is 0 Å². The Morgan fingerprint density at radius 2 is 2.32 bits per heavy atom. The van der Waals surface area contributed by atoms with Gasteiger partial charge in [0.05, 0.1) is 24.3 Å². The van der Waals surface area contributed by atoms with E-state index in [0.29, 0.717) is 24.8 Å². The van der Waals surface area contributed by atoms with Gasteiger partial charge in [0.2, 0.25) is 0 Å². The van der Waals surface area contributed by atoms with E-state index in [0.717, 1.165) is 18.5 Å². The fourth-order valence-corrected chi connectivity index (χ4v) is 2.50. The first kappa shape index (κ1) is 14.0.